The van der Waals surface area contributed by atoms with Gasteiger partial charge in [0.15, 0.2) is 0 Å². The van der Waals surface area contributed by atoms with Gasteiger partial charge in [-0.1, -0.05) is 30.3 Å². The minimum absolute atomic E-state index is 0.0506. The summed E-state index contributed by atoms with van der Waals surface area (Å²) in [5.74, 6) is -1.99. The number of carbonyl (C=O) groups excluding carboxylic acids is 1. The van der Waals surface area contributed by atoms with Gasteiger partial charge < -0.3 is 5.32 Å². The summed E-state index contributed by atoms with van der Waals surface area (Å²) in [5, 5.41) is 2.53. The molecule has 5 nitrogen and oxygen atoms in total. The zero-order valence-electron chi connectivity index (χ0n) is 15.8. The number of rotatable bonds is 5. The summed E-state index contributed by atoms with van der Waals surface area (Å²) in [7, 11) is -3.95. The monoisotopic (exact) mass is 428 g/mol. The van der Waals surface area contributed by atoms with Crippen molar-refractivity contribution in [1.29, 1.82) is 0 Å². The number of nitrogens with zero attached hydrogens (tertiary/aromatic N) is 1. The highest BCUT2D eigenvalue weighted by molar-refractivity contribution is 7.92. The van der Waals surface area contributed by atoms with Gasteiger partial charge >= 0.3 is 0 Å². The number of para-hydroxylation sites is 1. The third-order valence-corrected chi connectivity index (χ3v) is 6.79. The molecular weight excluding hydrogens is 410 g/mol. The first-order chi connectivity index (χ1) is 14.4. The molecule has 3 aromatic rings. The van der Waals surface area contributed by atoms with E-state index >= 15 is 0 Å². The molecule has 8 heteroatoms. The number of fused-ring (bicyclic) bond motifs is 1. The topological polar surface area (TPSA) is 66.5 Å². The predicted octanol–water partition coefficient (Wildman–Crippen LogP) is 3.65. The van der Waals surface area contributed by atoms with Gasteiger partial charge in [0.2, 0.25) is 0 Å². The first kappa shape index (κ1) is 20.0. The average Bonchev–Trinajstić information content (AvgIpc) is 3.18. The fourth-order valence-corrected chi connectivity index (χ4v) is 4.93. The maximum atomic E-state index is 14.3. The summed E-state index contributed by atoms with van der Waals surface area (Å²) in [6, 6.07) is 15.9. The number of halogens is 2. The zero-order valence-corrected chi connectivity index (χ0v) is 16.6. The Kier molecular flexibility index (Phi) is 5.26. The van der Waals surface area contributed by atoms with Crippen LogP contribution in [-0.2, 0) is 23.0 Å². The number of carbonyl (C=O) groups is 1. The summed E-state index contributed by atoms with van der Waals surface area (Å²) in [5.41, 5.74) is 1.76. The van der Waals surface area contributed by atoms with E-state index in [1.54, 1.807) is 12.1 Å². The van der Waals surface area contributed by atoms with Gasteiger partial charge in [0, 0.05) is 13.1 Å². The van der Waals surface area contributed by atoms with Crippen molar-refractivity contribution < 1.29 is 22.0 Å². The second-order valence-electron chi connectivity index (χ2n) is 6.91. The molecule has 4 rings (SSSR count). The van der Waals surface area contributed by atoms with E-state index in [0.717, 1.165) is 23.8 Å². The van der Waals surface area contributed by atoms with E-state index < -0.39 is 27.6 Å². The molecule has 0 spiro atoms. The lowest BCUT2D eigenvalue weighted by atomic mass is 10.2. The van der Waals surface area contributed by atoms with E-state index in [1.165, 1.54) is 28.6 Å². The van der Waals surface area contributed by atoms with E-state index in [4.69, 9.17) is 0 Å². The lowest BCUT2D eigenvalue weighted by Gasteiger charge is -2.20. The molecule has 1 N–H and O–H groups in total. The maximum absolute atomic E-state index is 14.3. The van der Waals surface area contributed by atoms with Crippen LogP contribution in [-0.4, -0.2) is 20.9 Å². The lowest BCUT2D eigenvalue weighted by Crippen LogP contribution is -2.30. The normalized spacial score (nSPS) is 13.2. The molecule has 0 saturated carbocycles. The summed E-state index contributed by atoms with van der Waals surface area (Å²) in [4.78, 5) is 12.3. The van der Waals surface area contributed by atoms with Crippen LogP contribution in [0.3, 0.4) is 0 Å². The van der Waals surface area contributed by atoms with Crippen molar-refractivity contribution in [3.05, 3.63) is 95.1 Å². The van der Waals surface area contributed by atoms with E-state index in [2.05, 4.69) is 5.32 Å². The van der Waals surface area contributed by atoms with E-state index in [0.29, 0.717) is 17.7 Å². The zero-order chi connectivity index (χ0) is 21.3. The van der Waals surface area contributed by atoms with Crippen LogP contribution >= 0.6 is 0 Å². The molecule has 0 aliphatic carbocycles. The van der Waals surface area contributed by atoms with Crippen molar-refractivity contribution in [3.8, 4) is 0 Å². The summed E-state index contributed by atoms with van der Waals surface area (Å²) < 4.78 is 54.8. The number of benzene rings is 3. The van der Waals surface area contributed by atoms with Crippen LogP contribution in [0.5, 0.6) is 0 Å². The number of hydrogen-bond donors (Lipinski definition) is 1. The molecule has 0 atom stereocenters. The van der Waals surface area contributed by atoms with Gasteiger partial charge in [0.05, 0.1) is 16.1 Å². The van der Waals surface area contributed by atoms with Crippen molar-refractivity contribution in [1.82, 2.24) is 5.32 Å². The van der Waals surface area contributed by atoms with Gasteiger partial charge in [-0.15, -0.1) is 0 Å². The van der Waals surface area contributed by atoms with Crippen LogP contribution < -0.4 is 9.62 Å². The van der Waals surface area contributed by atoms with Crippen molar-refractivity contribution >= 4 is 21.6 Å². The third-order valence-electron chi connectivity index (χ3n) is 4.98. The average molecular weight is 428 g/mol. The standard InChI is InChI=1S/C22H18F2N2O3S/c23-17-7-5-15(6-8-17)14-25-22(27)19-13-18(9-10-20(19)24)30(28,29)26-12-11-16-3-1-2-4-21(16)26/h1-10,13H,11-12,14H2,(H,25,27). The maximum Gasteiger partial charge on any atom is 0.264 e. The molecule has 1 aliphatic rings. The Hall–Kier alpha value is -3.26. The van der Waals surface area contributed by atoms with Crippen molar-refractivity contribution in [2.75, 3.05) is 10.8 Å². The quantitative estimate of drug-likeness (QED) is 0.675. The second kappa shape index (κ2) is 7.87. The molecule has 3 aromatic carbocycles. The van der Waals surface area contributed by atoms with E-state index in [1.807, 2.05) is 12.1 Å². The van der Waals surface area contributed by atoms with Crippen molar-refractivity contribution in [2.45, 2.75) is 17.9 Å². The fraction of sp³-hybridized carbons (Fsp3) is 0.136. The Morgan fingerprint density at radius 3 is 2.50 bits per heavy atom. The van der Waals surface area contributed by atoms with E-state index in [-0.39, 0.29) is 23.5 Å². The van der Waals surface area contributed by atoms with Gasteiger partial charge in [-0.2, -0.15) is 0 Å². The Morgan fingerprint density at radius 1 is 1.00 bits per heavy atom. The number of hydrogen-bond acceptors (Lipinski definition) is 3. The Bertz CT molecular complexity index is 1210. The second-order valence-corrected chi connectivity index (χ2v) is 8.77. The number of amides is 1. The minimum atomic E-state index is -3.95. The minimum Gasteiger partial charge on any atom is -0.348 e. The molecule has 0 fully saturated rings. The molecule has 0 saturated heterocycles. The SMILES string of the molecule is O=C(NCc1ccc(F)cc1)c1cc(S(=O)(=O)N2CCc3ccccc32)ccc1F. The Balaban J connectivity index is 1.58. The van der Waals surface area contributed by atoms with Crippen LogP contribution in [0.2, 0.25) is 0 Å². The summed E-state index contributed by atoms with van der Waals surface area (Å²) in [6.45, 7) is 0.334. The highest BCUT2D eigenvalue weighted by Crippen LogP contribution is 2.33. The third kappa shape index (κ3) is 3.78. The largest absolute Gasteiger partial charge is 0.348 e. The molecule has 0 unspecified atom stereocenters. The molecular formula is C22H18F2N2O3S. The Morgan fingerprint density at radius 2 is 1.73 bits per heavy atom. The molecule has 154 valence electrons. The molecule has 30 heavy (non-hydrogen) atoms. The fourth-order valence-electron chi connectivity index (χ4n) is 3.40. The van der Waals surface area contributed by atoms with Crippen LogP contribution in [0.1, 0.15) is 21.5 Å². The molecule has 0 aromatic heterocycles. The van der Waals surface area contributed by atoms with Gasteiger partial charge in [-0.3, -0.25) is 9.10 Å². The number of sulfonamides is 1. The van der Waals surface area contributed by atoms with Gasteiger partial charge in [-0.05, 0) is 53.9 Å². The lowest BCUT2D eigenvalue weighted by molar-refractivity contribution is 0.0946. The van der Waals surface area contributed by atoms with Crippen LogP contribution in [0.25, 0.3) is 0 Å². The molecule has 0 bridgehead atoms. The van der Waals surface area contributed by atoms with Gasteiger partial charge in [0.25, 0.3) is 15.9 Å². The van der Waals surface area contributed by atoms with Gasteiger partial charge in [-0.25, -0.2) is 17.2 Å². The van der Waals surface area contributed by atoms with Crippen LogP contribution in [0.15, 0.2) is 71.6 Å². The number of anilines is 1. The first-order valence-electron chi connectivity index (χ1n) is 9.29. The van der Waals surface area contributed by atoms with Crippen molar-refractivity contribution in [3.63, 3.8) is 0 Å². The van der Waals surface area contributed by atoms with E-state index in [9.17, 15) is 22.0 Å². The predicted molar refractivity (Wildman–Crippen MR) is 109 cm³/mol. The summed E-state index contributed by atoms with van der Waals surface area (Å²) in [6.07, 6.45) is 0.585. The Labute approximate surface area is 173 Å². The van der Waals surface area contributed by atoms with Crippen LogP contribution in [0, 0.1) is 11.6 Å². The van der Waals surface area contributed by atoms with Crippen LogP contribution in [0.4, 0.5) is 14.5 Å². The highest BCUT2D eigenvalue weighted by Gasteiger charge is 2.31. The number of nitrogens with one attached hydrogen (secondary N) is 1. The first-order valence-corrected chi connectivity index (χ1v) is 10.7. The van der Waals surface area contributed by atoms with Crippen molar-refractivity contribution in [2.24, 2.45) is 0 Å². The van der Waals surface area contributed by atoms with Gasteiger partial charge in [0.1, 0.15) is 11.6 Å². The molecule has 1 aliphatic heterocycles. The highest BCUT2D eigenvalue weighted by atomic mass is 32.2. The molecule has 0 radical (unpaired) electrons. The molecule has 1 heterocycles. The molecule has 1 amide bonds. The summed E-state index contributed by atoms with van der Waals surface area (Å²) >= 11 is 0. The smallest absolute Gasteiger partial charge is 0.264 e.